The molecule has 1 N–H and O–H groups in total. The molecule has 2 aromatic heterocycles. The summed E-state index contributed by atoms with van der Waals surface area (Å²) in [7, 11) is -3.62. The molecule has 0 bridgehead atoms. The number of hydrogen-bond donors (Lipinski definition) is 1. The topological polar surface area (TPSA) is 88.4 Å². The molecule has 124 valence electrons. The highest BCUT2D eigenvalue weighted by atomic mass is 32.2. The van der Waals surface area contributed by atoms with E-state index in [4.69, 9.17) is 9.15 Å². The largest absolute Gasteiger partial charge is 0.442 e. The third-order valence-electron chi connectivity index (χ3n) is 4.75. The minimum atomic E-state index is -3.62. The van der Waals surface area contributed by atoms with Crippen LogP contribution >= 0.6 is 0 Å². The van der Waals surface area contributed by atoms with Crippen molar-refractivity contribution in [1.29, 1.82) is 0 Å². The third-order valence-corrected chi connectivity index (χ3v) is 6.47. The number of nitrogens with one attached hydrogen (secondary N) is 1. The van der Waals surface area contributed by atoms with Crippen LogP contribution in [-0.4, -0.2) is 49.2 Å². The van der Waals surface area contributed by atoms with Gasteiger partial charge in [0.25, 0.3) is 10.0 Å². The third kappa shape index (κ3) is 2.60. The number of nitrogens with zero attached hydrogens (tertiary/aromatic N) is 2. The lowest BCUT2D eigenvalue weighted by Crippen LogP contribution is -2.46. The van der Waals surface area contributed by atoms with Crippen LogP contribution in [0.25, 0.3) is 11.5 Å². The fourth-order valence-electron chi connectivity index (χ4n) is 3.46. The number of sulfonamides is 1. The summed E-state index contributed by atoms with van der Waals surface area (Å²) in [5, 5.41) is 6.60. The van der Waals surface area contributed by atoms with E-state index < -0.39 is 10.0 Å². The summed E-state index contributed by atoms with van der Waals surface area (Å²) in [5.74, 6) is 0.469. The predicted molar refractivity (Wildman–Crippen MR) is 82.2 cm³/mol. The molecule has 8 heteroatoms. The summed E-state index contributed by atoms with van der Waals surface area (Å²) >= 11 is 0. The molecule has 4 heterocycles. The maximum Gasteiger partial charge on any atom is 0.276 e. The fourth-order valence-corrected chi connectivity index (χ4v) is 4.97. The van der Waals surface area contributed by atoms with E-state index in [2.05, 4.69) is 10.2 Å². The van der Waals surface area contributed by atoms with Crippen LogP contribution in [0.1, 0.15) is 19.3 Å². The van der Waals surface area contributed by atoms with E-state index in [9.17, 15) is 8.42 Å². The number of ether oxygens (including phenoxy) is 1. The van der Waals surface area contributed by atoms with Crippen LogP contribution < -0.4 is 0 Å². The normalized spacial score (nSPS) is 26.1. The molecule has 0 amide bonds. The molecule has 0 saturated carbocycles. The van der Waals surface area contributed by atoms with Gasteiger partial charge in [-0.15, -0.1) is 0 Å². The molecule has 2 fully saturated rings. The average Bonchev–Trinajstić information content (AvgIpc) is 3.28. The summed E-state index contributed by atoms with van der Waals surface area (Å²) in [6.45, 7) is 2.41. The second-order valence-electron chi connectivity index (χ2n) is 6.33. The highest BCUT2D eigenvalue weighted by molar-refractivity contribution is 7.89. The molecule has 1 atom stereocenters. The minimum absolute atomic E-state index is 0.0157. The van der Waals surface area contributed by atoms with Crippen molar-refractivity contribution in [2.45, 2.75) is 24.4 Å². The first kappa shape index (κ1) is 14.9. The van der Waals surface area contributed by atoms with Gasteiger partial charge in [0.05, 0.1) is 6.61 Å². The van der Waals surface area contributed by atoms with Gasteiger partial charge >= 0.3 is 0 Å². The van der Waals surface area contributed by atoms with Crippen molar-refractivity contribution >= 4 is 10.0 Å². The van der Waals surface area contributed by atoms with E-state index in [1.165, 1.54) is 6.07 Å². The monoisotopic (exact) mass is 337 g/mol. The Labute approximate surface area is 134 Å². The highest BCUT2D eigenvalue weighted by Crippen LogP contribution is 2.39. The lowest BCUT2D eigenvalue weighted by Gasteiger charge is -2.38. The van der Waals surface area contributed by atoms with Crippen LogP contribution in [-0.2, 0) is 14.8 Å². The molecule has 7 nitrogen and oxygen atoms in total. The second-order valence-corrected chi connectivity index (χ2v) is 8.20. The predicted octanol–water partition coefficient (Wildman–Crippen LogP) is 1.86. The fraction of sp³-hybridized carbons (Fsp3) is 0.533. The van der Waals surface area contributed by atoms with Gasteiger partial charge in [-0.3, -0.25) is 5.10 Å². The van der Waals surface area contributed by atoms with E-state index >= 15 is 0 Å². The molecule has 0 aromatic carbocycles. The average molecular weight is 337 g/mol. The van der Waals surface area contributed by atoms with Gasteiger partial charge in [-0.1, -0.05) is 0 Å². The van der Waals surface area contributed by atoms with Crippen molar-refractivity contribution in [3.63, 3.8) is 0 Å². The van der Waals surface area contributed by atoms with E-state index in [1.54, 1.807) is 22.6 Å². The van der Waals surface area contributed by atoms with Crippen LogP contribution in [0.4, 0.5) is 0 Å². The van der Waals surface area contributed by atoms with Gasteiger partial charge in [0.15, 0.2) is 5.76 Å². The Morgan fingerprint density at radius 3 is 2.91 bits per heavy atom. The first-order valence-corrected chi connectivity index (χ1v) is 9.21. The van der Waals surface area contributed by atoms with Crippen LogP contribution in [0.3, 0.4) is 0 Å². The van der Waals surface area contributed by atoms with E-state index in [0.29, 0.717) is 31.2 Å². The SMILES string of the molecule is O=S(=O)(c1ccc(-c2ccn[nH]2)o1)N1CCC[C@@]2(CCOC2)C1. The number of piperidine rings is 1. The van der Waals surface area contributed by atoms with Crippen molar-refractivity contribution in [3.8, 4) is 11.5 Å². The van der Waals surface area contributed by atoms with Gasteiger partial charge in [-0.25, -0.2) is 8.42 Å². The van der Waals surface area contributed by atoms with Crippen molar-refractivity contribution in [3.05, 3.63) is 24.4 Å². The summed E-state index contributed by atoms with van der Waals surface area (Å²) in [5.41, 5.74) is 0.634. The van der Waals surface area contributed by atoms with E-state index in [1.807, 2.05) is 0 Å². The van der Waals surface area contributed by atoms with Crippen LogP contribution in [0.2, 0.25) is 0 Å². The lowest BCUT2D eigenvalue weighted by molar-refractivity contribution is 0.104. The first-order valence-electron chi connectivity index (χ1n) is 7.77. The Bertz CT molecular complexity index is 776. The van der Waals surface area contributed by atoms with Crippen molar-refractivity contribution in [2.75, 3.05) is 26.3 Å². The minimum Gasteiger partial charge on any atom is -0.442 e. The molecule has 4 rings (SSSR count). The highest BCUT2D eigenvalue weighted by Gasteiger charge is 2.43. The van der Waals surface area contributed by atoms with Gasteiger partial charge in [-0.05, 0) is 37.5 Å². The maximum absolute atomic E-state index is 12.9. The Morgan fingerprint density at radius 2 is 2.17 bits per heavy atom. The van der Waals surface area contributed by atoms with Crippen LogP contribution in [0.5, 0.6) is 0 Å². The molecular formula is C15H19N3O4S. The zero-order valence-electron chi connectivity index (χ0n) is 12.7. The lowest BCUT2D eigenvalue weighted by atomic mass is 9.80. The maximum atomic E-state index is 12.9. The summed E-state index contributed by atoms with van der Waals surface area (Å²) < 4.78 is 38.4. The molecule has 0 unspecified atom stereocenters. The standard InChI is InChI=1S/C15H19N3O4S/c19-23(20,14-3-2-13(22-14)12-4-7-16-17-12)18-8-1-5-15(10-18)6-9-21-11-15/h2-4,7H,1,5-6,8-11H2,(H,16,17)/t15-/m1/s1. The number of hydrogen-bond acceptors (Lipinski definition) is 5. The number of aromatic amines is 1. The molecule has 2 aromatic rings. The number of H-pyrrole nitrogens is 1. The quantitative estimate of drug-likeness (QED) is 0.923. The van der Waals surface area contributed by atoms with Crippen LogP contribution in [0.15, 0.2) is 33.9 Å². The van der Waals surface area contributed by atoms with Gasteiger partial charge in [0.2, 0.25) is 5.09 Å². The molecule has 2 aliphatic heterocycles. The summed E-state index contributed by atoms with van der Waals surface area (Å²) in [4.78, 5) is 0. The molecule has 2 saturated heterocycles. The van der Waals surface area contributed by atoms with Gasteiger partial charge in [-0.2, -0.15) is 9.40 Å². The number of rotatable bonds is 3. The molecule has 2 aliphatic rings. The molecule has 1 spiro atoms. The number of aromatic nitrogens is 2. The van der Waals surface area contributed by atoms with Gasteiger partial charge < -0.3 is 9.15 Å². The van der Waals surface area contributed by atoms with Gasteiger partial charge in [0, 0.05) is 31.3 Å². The molecule has 23 heavy (non-hydrogen) atoms. The zero-order chi connectivity index (χ0) is 15.9. The van der Waals surface area contributed by atoms with Crippen molar-refractivity contribution in [1.82, 2.24) is 14.5 Å². The first-order chi connectivity index (χ1) is 11.1. The summed E-state index contributed by atoms with van der Waals surface area (Å²) in [6.07, 6.45) is 4.41. The second kappa shape index (κ2) is 5.47. The molecule has 0 radical (unpaired) electrons. The Balaban J connectivity index is 1.60. The molecular weight excluding hydrogens is 318 g/mol. The smallest absolute Gasteiger partial charge is 0.276 e. The Kier molecular flexibility index (Phi) is 3.55. The Morgan fingerprint density at radius 1 is 1.26 bits per heavy atom. The summed E-state index contributed by atoms with van der Waals surface area (Å²) in [6, 6.07) is 4.90. The van der Waals surface area contributed by atoms with Crippen LogP contribution in [0, 0.1) is 5.41 Å². The van der Waals surface area contributed by atoms with E-state index in [0.717, 1.165) is 25.9 Å². The van der Waals surface area contributed by atoms with Crippen molar-refractivity contribution < 1.29 is 17.6 Å². The zero-order valence-corrected chi connectivity index (χ0v) is 13.5. The molecule has 0 aliphatic carbocycles. The van der Waals surface area contributed by atoms with Gasteiger partial charge in [0.1, 0.15) is 5.69 Å². The van der Waals surface area contributed by atoms with E-state index in [-0.39, 0.29) is 10.5 Å². The number of furan rings is 1. The van der Waals surface area contributed by atoms with Crippen molar-refractivity contribution in [2.24, 2.45) is 5.41 Å². The Hall–Kier alpha value is -1.64.